The number of carbonyl (C=O) groups excluding carboxylic acids is 1. The Balaban J connectivity index is 1.44. The molecule has 0 radical (unpaired) electrons. The number of aliphatic hydroxyl groups excluding tert-OH is 1. The molecule has 1 atom stereocenters. The van der Waals surface area contributed by atoms with Gasteiger partial charge in [0.15, 0.2) is 0 Å². The second-order valence-corrected chi connectivity index (χ2v) is 8.01. The van der Waals surface area contributed by atoms with Crippen molar-refractivity contribution < 1.29 is 14.6 Å². The monoisotopic (exact) mass is 458 g/mol. The lowest BCUT2D eigenvalue weighted by Crippen LogP contribution is -2.37. The molecule has 3 rings (SSSR count). The summed E-state index contributed by atoms with van der Waals surface area (Å²) in [5.41, 5.74) is 2.61. The van der Waals surface area contributed by atoms with Gasteiger partial charge in [0.25, 0.3) is 0 Å². The first-order valence-corrected chi connectivity index (χ1v) is 10.6. The number of benzene rings is 3. The number of halogens is 2. The van der Waals surface area contributed by atoms with Gasteiger partial charge in [0.1, 0.15) is 18.5 Å². The number of para-hydroxylation sites is 1. The largest absolute Gasteiger partial charge is 0.491 e. The fourth-order valence-corrected chi connectivity index (χ4v) is 3.58. The van der Waals surface area contributed by atoms with Crippen molar-refractivity contribution in [1.82, 2.24) is 4.90 Å². The molecule has 162 valence electrons. The standard InChI is InChI=1S/C24H24Cl2N2O3/c1-28(15-23(30)27-24-21(25)8-5-9-22(24)26)14-19(29)16-31-20-12-10-18(11-13-20)17-6-3-2-4-7-17/h2-13,19,29H,14-16H2,1H3,(H,27,30). The number of likely N-dealkylation sites (N-methyl/N-ethyl adjacent to an activating group) is 1. The average Bonchev–Trinajstić information content (AvgIpc) is 2.76. The van der Waals surface area contributed by atoms with Crippen LogP contribution in [0.3, 0.4) is 0 Å². The Hall–Kier alpha value is -2.57. The summed E-state index contributed by atoms with van der Waals surface area (Å²) >= 11 is 12.1. The molecule has 0 bridgehead atoms. The van der Waals surface area contributed by atoms with Gasteiger partial charge in [-0.25, -0.2) is 0 Å². The highest BCUT2D eigenvalue weighted by atomic mass is 35.5. The first-order valence-electron chi connectivity index (χ1n) is 9.81. The van der Waals surface area contributed by atoms with Gasteiger partial charge in [-0.3, -0.25) is 9.69 Å². The van der Waals surface area contributed by atoms with E-state index in [-0.39, 0.29) is 25.6 Å². The molecule has 3 aromatic carbocycles. The van der Waals surface area contributed by atoms with E-state index < -0.39 is 6.10 Å². The maximum atomic E-state index is 12.3. The van der Waals surface area contributed by atoms with Crippen LogP contribution in [0.15, 0.2) is 72.8 Å². The van der Waals surface area contributed by atoms with Crippen molar-refractivity contribution in [2.45, 2.75) is 6.10 Å². The summed E-state index contributed by atoms with van der Waals surface area (Å²) in [6.07, 6.45) is -0.754. The van der Waals surface area contributed by atoms with E-state index in [4.69, 9.17) is 27.9 Å². The van der Waals surface area contributed by atoms with Gasteiger partial charge in [0.05, 0.1) is 22.3 Å². The van der Waals surface area contributed by atoms with E-state index in [0.29, 0.717) is 21.5 Å². The minimum atomic E-state index is -0.754. The number of nitrogens with zero attached hydrogens (tertiary/aromatic N) is 1. The summed E-state index contributed by atoms with van der Waals surface area (Å²) in [4.78, 5) is 14.0. The molecular weight excluding hydrogens is 435 g/mol. The molecule has 0 fully saturated rings. The summed E-state index contributed by atoms with van der Waals surface area (Å²) in [5.74, 6) is 0.398. The second-order valence-electron chi connectivity index (χ2n) is 7.20. The molecule has 7 heteroatoms. The Morgan fingerprint density at radius 2 is 1.58 bits per heavy atom. The van der Waals surface area contributed by atoms with Crippen LogP contribution in [-0.2, 0) is 4.79 Å². The zero-order valence-electron chi connectivity index (χ0n) is 17.1. The lowest BCUT2D eigenvalue weighted by Gasteiger charge is -2.20. The predicted molar refractivity (Wildman–Crippen MR) is 126 cm³/mol. The Morgan fingerprint density at radius 3 is 2.23 bits per heavy atom. The lowest BCUT2D eigenvalue weighted by molar-refractivity contribution is -0.117. The topological polar surface area (TPSA) is 61.8 Å². The van der Waals surface area contributed by atoms with E-state index in [2.05, 4.69) is 5.32 Å². The van der Waals surface area contributed by atoms with Gasteiger partial charge in [0.2, 0.25) is 5.91 Å². The van der Waals surface area contributed by atoms with E-state index in [1.807, 2.05) is 54.6 Å². The minimum Gasteiger partial charge on any atom is -0.491 e. The number of aliphatic hydroxyl groups is 1. The van der Waals surface area contributed by atoms with Gasteiger partial charge in [-0.2, -0.15) is 0 Å². The van der Waals surface area contributed by atoms with Gasteiger partial charge in [-0.1, -0.05) is 71.7 Å². The van der Waals surface area contributed by atoms with Crippen LogP contribution in [0.5, 0.6) is 5.75 Å². The number of amides is 1. The molecule has 2 N–H and O–H groups in total. The molecule has 3 aromatic rings. The molecule has 0 saturated heterocycles. The molecule has 0 aromatic heterocycles. The molecule has 0 aliphatic carbocycles. The van der Waals surface area contributed by atoms with Crippen LogP contribution in [0, 0.1) is 0 Å². The minimum absolute atomic E-state index is 0.0738. The third kappa shape index (κ3) is 6.97. The first kappa shape index (κ1) is 23.1. The fraction of sp³-hybridized carbons (Fsp3) is 0.208. The second kappa shape index (κ2) is 11.2. The molecule has 1 unspecified atom stereocenters. The molecule has 0 aliphatic heterocycles. The van der Waals surface area contributed by atoms with Gasteiger partial charge < -0.3 is 15.2 Å². The van der Waals surface area contributed by atoms with Crippen molar-refractivity contribution in [2.75, 3.05) is 32.1 Å². The van der Waals surface area contributed by atoms with E-state index >= 15 is 0 Å². The highest BCUT2D eigenvalue weighted by Gasteiger charge is 2.15. The number of anilines is 1. The predicted octanol–water partition coefficient (Wildman–Crippen LogP) is 4.97. The molecule has 0 aliphatic rings. The third-order valence-electron chi connectivity index (χ3n) is 4.57. The maximum absolute atomic E-state index is 12.3. The van der Waals surface area contributed by atoms with Crippen LogP contribution in [-0.4, -0.2) is 48.8 Å². The van der Waals surface area contributed by atoms with Gasteiger partial charge in [-0.15, -0.1) is 0 Å². The highest BCUT2D eigenvalue weighted by molar-refractivity contribution is 6.39. The maximum Gasteiger partial charge on any atom is 0.238 e. The van der Waals surface area contributed by atoms with Crippen LogP contribution in [0.1, 0.15) is 0 Å². The molecule has 0 spiro atoms. The van der Waals surface area contributed by atoms with E-state index in [9.17, 15) is 9.90 Å². The molecule has 0 heterocycles. The molecule has 5 nitrogen and oxygen atoms in total. The quantitative estimate of drug-likeness (QED) is 0.475. The lowest BCUT2D eigenvalue weighted by atomic mass is 10.1. The summed E-state index contributed by atoms with van der Waals surface area (Å²) in [7, 11) is 1.74. The Morgan fingerprint density at radius 1 is 0.968 bits per heavy atom. The first-order chi connectivity index (χ1) is 14.9. The molecule has 0 saturated carbocycles. The van der Waals surface area contributed by atoms with Gasteiger partial charge in [-0.05, 0) is 42.4 Å². The van der Waals surface area contributed by atoms with Crippen molar-refractivity contribution in [3.63, 3.8) is 0 Å². The van der Waals surface area contributed by atoms with Crippen LogP contribution in [0.4, 0.5) is 5.69 Å². The van der Waals surface area contributed by atoms with Crippen molar-refractivity contribution in [1.29, 1.82) is 0 Å². The summed E-state index contributed by atoms with van der Waals surface area (Å²) in [6.45, 7) is 0.461. The number of ether oxygens (including phenoxy) is 1. The Bertz CT molecular complexity index is 977. The van der Waals surface area contributed by atoms with Crippen molar-refractivity contribution in [3.8, 4) is 16.9 Å². The number of rotatable bonds is 9. The Labute approximate surface area is 192 Å². The van der Waals surface area contributed by atoms with E-state index in [1.54, 1.807) is 30.1 Å². The SMILES string of the molecule is CN(CC(=O)Nc1c(Cl)cccc1Cl)CC(O)COc1ccc(-c2ccccc2)cc1. The zero-order chi connectivity index (χ0) is 22.2. The van der Waals surface area contributed by atoms with E-state index in [1.165, 1.54) is 0 Å². The Kier molecular flexibility index (Phi) is 8.32. The average molecular weight is 459 g/mol. The number of nitrogens with one attached hydrogen (secondary N) is 1. The summed E-state index contributed by atoms with van der Waals surface area (Å²) in [5, 5.41) is 13.7. The molecule has 1 amide bonds. The zero-order valence-corrected chi connectivity index (χ0v) is 18.6. The normalized spacial score (nSPS) is 11.9. The fourth-order valence-electron chi connectivity index (χ4n) is 3.08. The molecule has 31 heavy (non-hydrogen) atoms. The van der Waals surface area contributed by atoms with Crippen molar-refractivity contribution in [2.24, 2.45) is 0 Å². The van der Waals surface area contributed by atoms with Crippen molar-refractivity contribution >= 4 is 34.8 Å². The van der Waals surface area contributed by atoms with Crippen molar-refractivity contribution in [3.05, 3.63) is 82.8 Å². The smallest absolute Gasteiger partial charge is 0.238 e. The van der Waals surface area contributed by atoms with Crippen LogP contribution >= 0.6 is 23.2 Å². The summed E-state index contributed by atoms with van der Waals surface area (Å²) in [6, 6.07) is 22.8. The third-order valence-corrected chi connectivity index (χ3v) is 5.20. The van der Waals surface area contributed by atoms with Gasteiger partial charge in [0, 0.05) is 6.54 Å². The highest BCUT2D eigenvalue weighted by Crippen LogP contribution is 2.29. The van der Waals surface area contributed by atoms with Crippen LogP contribution in [0.2, 0.25) is 10.0 Å². The molecular formula is C24H24Cl2N2O3. The summed E-state index contributed by atoms with van der Waals surface area (Å²) < 4.78 is 5.68. The number of hydrogen-bond acceptors (Lipinski definition) is 4. The number of carbonyl (C=O) groups is 1. The number of hydrogen-bond donors (Lipinski definition) is 2. The van der Waals surface area contributed by atoms with Gasteiger partial charge >= 0.3 is 0 Å². The van der Waals surface area contributed by atoms with Crippen LogP contribution in [0.25, 0.3) is 11.1 Å². The van der Waals surface area contributed by atoms with Crippen LogP contribution < -0.4 is 10.1 Å². The van der Waals surface area contributed by atoms with E-state index in [0.717, 1.165) is 11.1 Å².